The first-order valence-electron chi connectivity index (χ1n) is 9.00. The molecule has 0 bridgehead atoms. The van der Waals surface area contributed by atoms with Crippen molar-refractivity contribution in [2.45, 2.75) is 84.5 Å². The summed E-state index contributed by atoms with van der Waals surface area (Å²) in [5.74, 6) is -0.165. The molecule has 0 radical (unpaired) electrons. The fourth-order valence-electron chi connectivity index (χ4n) is 2.38. The molecule has 138 valence electrons. The van der Waals surface area contributed by atoms with E-state index in [1.54, 1.807) is 6.26 Å². The van der Waals surface area contributed by atoms with Gasteiger partial charge in [0.2, 0.25) is 0 Å². The van der Waals surface area contributed by atoms with E-state index in [4.69, 9.17) is 13.6 Å². The number of aryl methyl sites for hydroxylation is 1. The molecule has 1 atom stereocenters. The second kappa shape index (κ2) is 8.86. The van der Waals surface area contributed by atoms with Gasteiger partial charge in [-0.1, -0.05) is 34.1 Å². The van der Waals surface area contributed by atoms with Crippen molar-refractivity contribution in [3.05, 3.63) is 23.7 Å². The van der Waals surface area contributed by atoms with Gasteiger partial charge in [-0.05, 0) is 43.5 Å². The fraction of sp³-hybridized carbons (Fsp3) is 0.737. The lowest BCUT2D eigenvalue weighted by Crippen LogP contribution is -2.42. The summed E-state index contributed by atoms with van der Waals surface area (Å²) >= 11 is 0. The zero-order chi connectivity index (χ0) is 18.4. The molecule has 0 aromatic carbocycles. The van der Waals surface area contributed by atoms with Crippen molar-refractivity contribution in [3.8, 4) is 0 Å². The van der Waals surface area contributed by atoms with E-state index in [1.165, 1.54) is 5.56 Å². The van der Waals surface area contributed by atoms with Crippen molar-refractivity contribution in [2.24, 2.45) is 0 Å². The van der Waals surface area contributed by atoms with Crippen LogP contribution in [0.4, 0.5) is 0 Å². The molecule has 1 heterocycles. The number of rotatable bonds is 9. The number of furan rings is 1. The summed E-state index contributed by atoms with van der Waals surface area (Å²) < 4.78 is 17.2. The van der Waals surface area contributed by atoms with Gasteiger partial charge in [0.15, 0.2) is 8.32 Å². The molecule has 0 saturated carbocycles. The average Bonchev–Trinajstić information content (AvgIpc) is 2.91. The highest BCUT2D eigenvalue weighted by Gasteiger charge is 2.40. The number of hydrogen-bond donors (Lipinski definition) is 0. The van der Waals surface area contributed by atoms with Gasteiger partial charge in [0.1, 0.15) is 0 Å². The average molecular weight is 355 g/mol. The predicted molar refractivity (Wildman–Crippen MR) is 99.6 cm³/mol. The summed E-state index contributed by atoms with van der Waals surface area (Å²) in [7, 11) is -1.95. The molecule has 0 aliphatic heterocycles. The SMILES string of the molecule is CCCc1cocc1[C@H](CCC(=O)OCC)O[Si](C)(C)C(C)(C)C. The maximum Gasteiger partial charge on any atom is 0.305 e. The quantitative estimate of drug-likeness (QED) is 0.425. The maximum absolute atomic E-state index is 11.8. The first kappa shape index (κ1) is 21.0. The topological polar surface area (TPSA) is 48.7 Å². The van der Waals surface area contributed by atoms with Crippen LogP contribution in [0, 0.1) is 0 Å². The van der Waals surface area contributed by atoms with E-state index in [9.17, 15) is 4.79 Å². The molecule has 1 aromatic rings. The van der Waals surface area contributed by atoms with Crippen molar-refractivity contribution >= 4 is 14.3 Å². The Morgan fingerprint density at radius 1 is 1.25 bits per heavy atom. The van der Waals surface area contributed by atoms with Gasteiger partial charge in [-0.2, -0.15) is 0 Å². The summed E-state index contributed by atoms with van der Waals surface area (Å²) in [5, 5.41) is 0.115. The molecule has 0 spiro atoms. The number of carbonyl (C=O) groups excluding carboxylic acids is 1. The highest BCUT2D eigenvalue weighted by Crippen LogP contribution is 2.41. The summed E-state index contributed by atoms with van der Waals surface area (Å²) in [5.41, 5.74) is 2.27. The minimum atomic E-state index is -1.95. The standard InChI is InChI=1S/C19H34O4Si/c1-8-10-15-13-21-14-16(15)17(11-12-18(20)22-9-2)23-24(6,7)19(3,4)5/h13-14,17H,8-12H2,1-7H3/t17-/m0/s1. The van der Waals surface area contributed by atoms with Crippen LogP contribution in [0.2, 0.25) is 18.1 Å². The molecule has 0 fully saturated rings. The van der Waals surface area contributed by atoms with Crippen LogP contribution >= 0.6 is 0 Å². The van der Waals surface area contributed by atoms with Gasteiger partial charge in [0.25, 0.3) is 0 Å². The van der Waals surface area contributed by atoms with Crippen molar-refractivity contribution < 1.29 is 18.4 Å². The number of hydrogen-bond acceptors (Lipinski definition) is 4. The minimum Gasteiger partial charge on any atom is -0.472 e. The molecule has 0 unspecified atom stereocenters. The van der Waals surface area contributed by atoms with E-state index in [1.807, 2.05) is 13.2 Å². The van der Waals surface area contributed by atoms with Crippen LogP contribution in [0.15, 0.2) is 16.9 Å². The monoisotopic (exact) mass is 354 g/mol. The molecule has 24 heavy (non-hydrogen) atoms. The molecule has 4 nitrogen and oxygen atoms in total. The second-order valence-electron chi connectivity index (χ2n) is 7.81. The van der Waals surface area contributed by atoms with E-state index in [0.29, 0.717) is 19.4 Å². The molecular formula is C19H34O4Si. The third-order valence-electron chi connectivity index (χ3n) is 4.80. The molecule has 0 aliphatic carbocycles. The van der Waals surface area contributed by atoms with Crippen LogP contribution in [0.3, 0.4) is 0 Å². The van der Waals surface area contributed by atoms with Gasteiger partial charge in [0, 0.05) is 12.0 Å². The van der Waals surface area contributed by atoms with Crippen LogP contribution < -0.4 is 0 Å². The lowest BCUT2D eigenvalue weighted by Gasteiger charge is -2.39. The highest BCUT2D eigenvalue weighted by atomic mass is 28.4. The third-order valence-corrected chi connectivity index (χ3v) is 9.29. The number of esters is 1. The van der Waals surface area contributed by atoms with Gasteiger partial charge in [-0.3, -0.25) is 4.79 Å². The van der Waals surface area contributed by atoms with Gasteiger partial charge in [0.05, 0.1) is 25.2 Å². The molecule has 0 aliphatic rings. The second-order valence-corrected chi connectivity index (χ2v) is 12.6. The van der Waals surface area contributed by atoms with Gasteiger partial charge >= 0.3 is 5.97 Å². The van der Waals surface area contributed by atoms with Crippen molar-refractivity contribution in [1.82, 2.24) is 0 Å². The molecule has 5 heteroatoms. The van der Waals surface area contributed by atoms with Gasteiger partial charge in [-0.15, -0.1) is 0 Å². The van der Waals surface area contributed by atoms with Crippen molar-refractivity contribution in [1.29, 1.82) is 0 Å². The Bertz CT molecular complexity index is 514. The molecular weight excluding hydrogens is 320 g/mol. The van der Waals surface area contributed by atoms with E-state index in [-0.39, 0.29) is 17.1 Å². The number of ether oxygens (including phenoxy) is 1. The van der Waals surface area contributed by atoms with E-state index in [2.05, 4.69) is 40.8 Å². The summed E-state index contributed by atoms with van der Waals surface area (Å²) in [6.07, 6.45) is 6.49. The van der Waals surface area contributed by atoms with E-state index in [0.717, 1.165) is 18.4 Å². The third kappa shape index (κ3) is 5.78. The van der Waals surface area contributed by atoms with Gasteiger partial charge < -0.3 is 13.6 Å². The molecule has 0 saturated heterocycles. The lowest BCUT2D eigenvalue weighted by molar-refractivity contribution is -0.143. The van der Waals surface area contributed by atoms with Crippen LogP contribution in [0.1, 0.15) is 71.1 Å². The molecule has 0 amide bonds. The Balaban J connectivity index is 2.99. The van der Waals surface area contributed by atoms with Crippen LogP contribution in [0.25, 0.3) is 0 Å². The van der Waals surface area contributed by atoms with E-state index < -0.39 is 8.32 Å². The predicted octanol–water partition coefficient (Wildman–Crippen LogP) is 5.64. The summed E-state index contributed by atoms with van der Waals surface area (Å²) in [6, 6.07) is 0. The Morgan fingerprint density at radius 2 is 1.92 bits per heavy atom. The zero-order valence-corrected chi connectivity index (χ0v) is 17.4. The smallest absolute Gasteiger partial charge is 0.305 e. The molecule has 1 rings (SSSR count). The highest BCUT2D eigenvalue weighted by molar-refractivity contribution is 6.74. The van der Waals surface area contributed by atoms with Crippen LogP contribution in [0.5, 0.6) is 0 Å². The first-order valence-corrected chi connectivity index (χ1v) is 11.9. The van der Waals surface area contributed by atoms with Gasteiger partial charge in [-0.25, -0.2) is 0 Å². The largest absolute Gasteiger partial charge is 0.472 e. The Morgan fingerprint density at radius 3 is 2.46 bits per heavy atom. The Kier molecular flexibility index (Phi) is 7.74. The molecule has 1 aromatic heterocycles. The minimum absolute atomic E-state index is 0.115. The Labute approximate surface area is 148 Å². The molecule has 0 N–H and O–H groups in total. The van der Waals surface area contributed by atoms with Crippen molar-refractivity contribution in [3.63, 3.8) is 0 Å². The lowest BCUT2D eigenvalue weighted by atomic mass is 10.0. The van der Waals surface area contributed by atoms with Crippen LogP contribution in [-0.2, 0) is 20.4 Å². The summed E-state index contributed by atoms with van der Waals surface area (Å²) in [6.45, 7) is 15.6. The first-order chi connectivity index (χ1) is 11.1. The maximum atomic E-state index is 11.8. The zero-order valence-electron chi connectivity index (χ0n) is 16.4. The normalized spacial score (nSPS) is 13.8. The van der Waals surface area contributed by atoms with E-state index >= 15 is 0 Å². The summed E-state index contributed by atoms with van der Waals surface area (Å²) in [4.78, 5) is 11.8. The Hall–Kier alpha value is -1.07. The van der Waals surface area contributed by atoms with Crippen molar-refractivity contribution in [2.75, 3.05) is 6.61 Å². The fourth-order valence-corrected chi connectivity index (χ4v) is 3.69. The number of carbonyl (C=O) groups is 1. The van der Waals surface area contributed by atoms with Crippen LogP contribution in [-0.4, -0.2) is 20.9 Å².